The van der Waals surface area contributed by atoms with E-state index in [0.717, 1.165) is 43.0 Å². The average Bonchev–Trinajstić information content (AvgIpc) is 3.32. The smallest absolute Gasteiger partial charge is 0.257 e. The van der Waals surface area contributed by atoms with Gasteiger partial charge in [-0.2, -0.15) is 5.10 Å². The van der Waals surface area contributed by atoms with Gasteiger partial charge in [-0.3, -0.25) is 9.48 Å². The van der Waals surface area contributed by atoms with Gasteiger partial charge in [-0.1, -0.05) is 19.9 Å². The molecular formula is C19H23N3O3. The van der Waals surface area contributed by atoms with Crippen molar-refractivity contribution in [3.05, 3.63) is 41.7 Å². The minimum Gasteiger partial charge on any atom is -0.454 e. The molecule has 1 amide bonds. The zero-order valence-corrected chi connectivity index (χ0v) is 14.6. The van der Waals surface area contributed by atoms with Crippen LogP contribution in [0, 0.1) is 5.92 Å². The number of fused-ring (bicyclic) bond motifs is 1. The Hall–Kier alpha value is -2.50. The lowest BCUT2D eigenvalue weighted by atomic mass is 10.0. The van der Waals surface area contributed by atoms with E-state index in [-0.39, 0.29) is 18.7 Å². The summed E-state index contributed by atoms with van der Waals surface area (Å²) in [6, 6.07) is 6.04. The number of rotatable bonds is 4. The summed E-state index contributed by atoms with van der Waals surface area (Å²) in [5, 5.41) is 4.33. The van der Waals surface area contributed by atoms with Gasteiger partial charge in [-0.25, -0.2) is 0 Å². The molecule has 4 rings (SSSR count). The molecule has 1 fully saturated rings. The summed E-state index contributed by atoms with van der Waals surface area (Å²) in [6.07, 6.45) is 5.51. The molecule has 2 aliphatic rings. The maximum absolute atomic E-state index is 13.0. The van der Waals surface area contributed by atoms with Gasteiger partial charge in [-0.15, -0.1) is 0 Å². The van der Waals surface area contributed by atoms with Crippen molar-refractivity contribution in [1.29, 1.82) is 0 Å². The van der Waals surface area contributed by atoms with Crippen molar-refractivity contribution >= 4 is 5.91 Å². The SMILES string of the molecule is CC(C)Cn1cc(C(=O)N2CCCC2c2ccc3c(c2)OCO3)cn1. The second-order valence-corrected chi connectivity index (χ2v) is 7.11. The van der Waals surface area contributed by atoms with Crippen LogP contribution in [0.15, 0.2) is 30.6 Å². The first kappa shape index (κ1) is 16.0. The number of carbonyl (C=O) groups excluding carboxylic acids is 1. The quantitative estimate of drug-likeness (QED) is 0.857. The largest absolute Gasteiger partial charge is 0.454 e. The summed E-state index contributed by atoms with van der Waals surface area (Å²) in [5.74, 6) is 2.09. The second kappa shape index (κ2) is 6.43. The standard InChI is InChI=1S/C19H23N3O3/c1-13(2)10-21-11-15(9-20-21)19(23)22-7-3-4-16(22)14-5-6-17-18(8-14)25-12-24-17/h5-6,8-9,11,13,16H,3-4,7,10,12H2,1-2H3. The van der Waals surface area contributed by atoms with E-state index >= 15 is 0 Å². The number of carbonyl (C=O) groups is 1. The molecule has 0 radical (unpaired) electrons. The van der Waals surface area contributed by atoms with Crippen molar-refractivity contribution in [3.8, 4) is 11.5 Å². The van der Waals surface area contributed by atoms with Crippen LogP contribution in [0.25, 0.3) is 0 Å². The number of amides is 1. The molecule has 6 nitrogen and oxygen atoms in total. The van der Waals surface area contributed by atoms with Crippen LogP contribution >= 0.6 is 0 Å². The average molecular weight is 341 g/mol. The molecule has 2 aliphatic heterocycles. The number of hydrogen-bond donors (Lipinski definition) is 0. The van der Waals surface area contributed by atoms with Gasteiger partial charge in [0.05, 0.1) is 17.8 Å². The first-order valence-electron chi connectivity index (χ1n) is 8.85. The highest BCUT2D eigenvalue weighted by atomic mass is 16.7. The molecule has 0 bridgehead atoms. The molecule has 1 unspecified atom stereocenters. The van der Waals surface area contributed by atoms with Crippen molar-refractivity contribution in [2.75, 3.05) is 13.3 Å². The third-order valence-corrected chi connectivity index (χ3v) is 4.73. The van der Waals surface area contributed by atoms with E-state index in [0.29, 0.717) is 11.5 Å². The molecule has 2 aromatic rings. The van der Waals surface area contributed by atoms with Crippen molar-refractivity contribution in [2.24, 2.45) is 5.92 Å². The molecule has 1 aromatic carbocycles. The van der Waals surface area contributed by atoms with Crippen molar-refractivity contribution in [3.63, 3.8) is 0 Å². The van der Waals surface area contributed by atoms with E-state index in [1.54, 1.807) is 6.20 Å². The molecule has 1 aromatic heterocycles. The topological polar surface area (TPSA) is 56.6 Å². The van der Waals surface area contributed by atoms with Gasteiger partial charge in [0.15, 0.2) is 11.5 Å². The summed E-state index contributed by atoms with van der Waals surface area (Å²) >= 11 is 0. The molecule has 0 aliphatic carbocycles. The summed E-state index contributed by atoms with van der Waals surface area (Å²) in [4.78, 5) is 14.9. The Bertz CT molecular complexity index is 784. The Labute approximate surface area is 147 Å². The van der Waals surface area contributed by atoms with Crippen LogP contribution in [-0.2, 0) is 6.54 Å². The van der Waals surface area contributed by atoms with Gasteiger partial charge < -0.3 is 14.4 Å². The molecule has 3 heterocycles. The van der Waals surface area contributed by atoms with Crippen molar-refractivity contribution < 1.29 is 14.3 Å². The van der Waals surface area contributed by atoms with Crippen LogP contribution in [-0.4, -0.2) is 33.9 Å². The minimum atomic E-state index is 0.0511. The van der Waals surface area contributed by atoms with E-state index in [4.69, 9.17) is 9.47 Å². The predicted octanol–water partition coefficient (Wildman–Crippen LogP) is 3.25. The van der Waals surface area contributed by atoms with E-state index < -0.39 is 0 Å². The van der Waals surface area contributed by atoms with Crippen LogP contribution in [0.3, 0.4) is 0 Å². The number of aromatic nitrogens is 2. The maximum Gasteiger partial charge on any atom is 0.257 e. The fraction of sp³-hybridized carbons (Fsp3) is 0.474. The van der Waals surface area contributed by atoms with Crippen LogP contribution in [0.1, 0.15) is 48.7 Å². The Balaban J connectivity index is 1.54. The van der Waals surface area contributed by atoms with Gasteiger partial charge in [0.25, 0.3) is 5.91 Å². The Morgan fingerprint density at radius 2 is 2.16 bits per heavy atom. The van der Waals surface area contributed by atoms with Crippen LogP contribution < -0.4 is 9.47 Å². The fourth-order valence-electron chi connectivity index (χ4n) is 3.59. The maximum atomic E-state index is 13.0. The monoisotopic (exact) mass is 341 g/mol. The van der Waals surface area contributed by atoms with Gasteiger partial charge >= 0.3 is 0 Å². The fourth-order valence-corrected chi connectivity index (χ4v) is 3.59. The second-order valence-electron chi connectivity index (χ2n) is 7.11. The number of benzene rings is 1. The van der Waals surface area contributed by atoms with Gasteiger partial charge in [0.1, 0.15) is 0 Å². The van der Waals surface area contributed by atoms with E-state index in [1.165, 1.54) is 0 Å². The van der Waals surface area contributed by atoms with Gasteiger partial charge in [-0.05, 0) is 36.5 Å². The molecule has 6 heteroatoms. The van der Waals surface area contributed by atoms with Crippen LogP contribution in [0.4, 0.5) is 0 Å². The molecular weight excluding hydrogens is 318 g/mol. The summed E-state index contributed by atoms with van der Waals surface area (Å²) < 4.78 is 12.7. The molecule has 132 valence electrons. The summed E-state index contributed by atoms with van der Waals surface area (Å²) in [6.45, 7) is 6.13. The van der Waals surface area contributed by atoms with Crippen molar-refractivity contribution in [1.82, 2.24) is 14.7 Å². The Morgan fingerprint density at radius 3 is 3.00 bits per heavy atom. The summed E-state index contributed by atoms with van der Waals surface area (Å²) in [7, 11) is 0. The highest BCUT2D eigenvalue weighted by molar-refractivity contribution is 5.94. The Kier molecular flexibility index (Phi) is 4.11. The van der Waals surface area contributed by atoms with Gasteiger partial charge in [0.2, 0.25) is 6.79 Å². The lowest BCUT2D eigenvalue weighted by molar-refractivity contribution is 0.0735. The lowest BCUT2D eigenvalue weighted by Gasteiger charge is -2.24. The number of likely N-dealkylation sites (tertiary alicyclic amines) is 1. The number of ether oxygens (including phenoxy) is 2. The third kappa shape index (κ3) is 3.08. The first-order chi connectivity index (χ1) is 12.1. The molecule has 25 heavy (non-hydrogen) atoms. The van der Waals surface area contributed by atoms with Crippen LogP contribution in [0.2, 0.25) is 0 Å². The molecule has 0 spiro atoms. The number of nitrogens with zero attached hydrogens (tertiary/aromatic N) is 3. The molecule has 0 saturated carbocycles. The highest BCUT2D eigenvalue weighted by Gasteiger charge is 2.32. The normalized spacial score (nSPS) is 19.0. The molecule has 1 saturated heterocycles. The third-order valence-electron chi connectivity index (χ3n) is 4.73. The van der Waals surface area contributed by atoms with Gasteiger partial charge in [0, 0.05) is 19.3 Å². The highest BCUT2D eigenvalue weighted by Crippen LogP contribution is 2.39. The van der Waals surface area contributed by atoms with Crippen LogP contribution in [0.5, 0.6) is 11.5 Å². The predicted molar refractivity (Wildman–Crippen MR) is 92.6 cm³/mol. The van der Waals surface area contributed by atoms with E-state index in [2.05, 4.69) is 18.9 Å². The van der Waals surface area contributed by atoms with E-state index in [9.17, 15) is 4.79 Å². The minimum absolute atomic E-state index is 0.0511. The van der Waals surface area contributed by atoms with Crippen molar-refractivity contribution in [2.45, 2.75) is 39.3 Å². The molecule has 1 atom stereocenters. The zero-order valence-electron chi connectivity index (χ0n) is 14.6. The number of hydrogen-bond acceptors (Lipinski definition) is 4. The summed E-state index contributed by atoms with van der Waals surface area (Å²) in [5.41, 5.74) is 1.76. The Morgan fingerprint density at radius 1 is 1.32 bits per heavy atom. The molecule has 0 N–H and O–H groups in total. The zero-order chi connectivity index (χ0) is 17.4. The first-order valence-corrected chi connectivity index (χ1v) is 8.85. The lowest BCUT2D eigenvalue weighted by Crippen LogP contribution is -2.30. The van der Waals surface area contributed by atoms with E-state index in [1.807, 2.05) is 34.0 Å².